The molecule has 3 nitrogen and oxygen atoms in total. The molecule has 0 radical (unpaired) electrons. The molecule has 1 atom stereocenters. The SMILES string of the molecule is O=C(O)C1(CCCCCCCCC2CCCC2)CO1. The highest BCUT2D eigenvalue weighted by Gasteiger charge is 2.51. The number of rotatable bonds is 10. The van der Waals surface area contributed by atoms with Crippen molar-refractivity contribution in [2.24, 2.45) is 5.92 Å². The number of ether oxygens (including phenoxy) is 1. The molecule has 0 aromatic carbocycles. The summed E-state index contributed by atoms with van der Waals surface area (Å²) < 4.78 is 5.06. The minimum absolute atomic E-state index is 0.420. The average molecular weight is 268 g/mol. The summed E-state index contributed by atoms with van der Waals surface area (Å²) in [6.07, 6.45) is 15.5. The fourth-order valence-electron chi connectivity index (χ4n) is 3.31. The maximum atomic E-state index is 10.9. The molecule has 110 valence electrons. The molecule has 1 saturated heterocycles. The summed E-state index contributed by atoms with van der Waals surface area (Å²) in [5.41, 5.74) is -0.789. The Morgan fingerprint density at radius 2 is 1.63 bits per heavy atom. The van der Waals surface area contributed by atoms with Gasteiger partial charge in [-0.05, 0) is 18.8 Å². The molecule has 1 heterocycles. The van der Waals surface area contributed by atoms with Crippen LogP contribution in [-0.4, -0.2) is 23.3 Å². The van der Waals surface area contributed by atoms with Gasteiger partial charge in [-0.15, -0.1) is 0 Å². The first-order valence-electron chi connectivity index (χ1n) is 8.10. The van der Waals surface area contributed by atoms with E-state index in [4.69, 9.17) is 9.84 Å². The predicted octanol–water partition coefficient (Wildman–Crippen LogP) is 4.15. The second-order valence-corrected chi connectivity index (χ2v) is 6.40. The fourth-order valence-corrected chi connectivity index (χ4v) is 3.31. The van der Waals surface area contributed by atoms with E-state index in [0.29, 0.717) is 13.0 Å². The number of aliphatic carboxylic acids is 1. The normalized spacial score (nSPS) is 26.7. The molecule has 0 amide bonds. The highest BCUT2D eigenvalue weighted by atomic mass is 16.6. The highest BCUT2D eigenvalue weighted by molar-refractivity contribution is 5.80. The van der Waals surface area contributed by atoms with Crippen LogP contribution in [0.2, 0.25) is 0 Å². The van der Waals surface area contributed by atoms with Gasteiger partial charge in [-0.1, -0.05) is 64.2 Å². The van der Waals surface area contributed by atoms with Crippen molar-refractivity contribution in [2.45, 2.75) is 82.7 Å². The molecule has 2 rings (SSSR count). The smallest absolute Gasteiger partial charge is 0.338 e. The number of carboxylic acid groups (broad SMARTS) is 1. The van der Waals surface area contributed by atoms with Crippen molar-refractivity contribution in [3.8, 4) is 0 Å². The van der Waals surface area contributed by atoms with Crippen LogP contribution in [0, 0.1) is 5.92 Å². The summed E-state index contributed by atoms with van der Waals surface area (Å²) >= 11 is 0. The predicted molar refractivity (Wildman–Crippen MR) is 75.2 cm³/mol. The van der Waals surface area contributed by atoms with Crippen LogP contribution in [0.4, 0.5) is 0 Å². The molecular weight excluding hydrogens is 240 g/mol. The number of carbonyl (C=O) groups is 1. The Morgan fingerprint density at radius 1 is 1.05 bits per heavy atom. The van der Waals surface area contributed by atoms with Crippen LogP contribution in [0.15, 0.2) is 0 Å². The van der Waals surface area contributed by atoms with E-state index in [1.165, 1.54) is 57.8 Å². The largest absolute Gasteiger partial charge is 0.479 e. The van der Waals surface area contributed by atoms with Crippen LogP contribution in [0.1, 0.15) is 77.0 Å². The standard InChI is InChI=1S/C16H28O3/c17-15(18)16(13-19-16)12-8-4-2-1-3-5-9-14-10-6-7-11-14/h14H,1-13H2,(H,17,18). The number of carboxylic acids is 1. The lowest BCUT2D eigenvalue weighted by atomic mass is 9.98. The van der Waals surface area contributed by atoms with E-state index in [0.717, 1.165) is 18.8 Å². The monoisotopic (exact) mass is 268 g/mol. The molecule has 0 bridgehead atoms. The zero-order valence-corrected chi connectivity index (χ0v) is 12.0. The van der Waals surface area contributed by atoms with Gasteiger partial charge in [0.25, 0.3) is 0 Å². The Morgan fingerprint density at radius 3 is 2.21 bits per heavy atom. The zero-order chi connectivity index (χ0) is 13.6. The van der Waals surface area contributed by atoms with Gasteiger partial charge in [0.15, 0.2) is 5.60 Å². The van der Waals surface area contributed by atoms with Crippen LogP contribution in [-0.2, 0) is 9.53 Å². The summed E-state index contributed by atoms with van der Waals surface area (Å²) in [7, 11) is 0. The number of unbranched alkanes of at least 4 members (excludes halogenated alkanes) is 5. The van der Waals surface area contributed by atoms with Gasteiger partial charge in [-0.2, -0.15) is 0 Å². The first-order chi connectivity index (χ1) is 9.23. The fraction of sp³-hybridized carbons (Fsp3) is 0.938. The Labute approximate surface area is 116 Å². The van der Waals surface area contributed by atoms with Gasteiger partial charge in [-0.25, -0.2) is 4.79 Å². The Balaban J connectivity index is 1.37. The minimum Gasteiger partial charge on any atom is -0.479 e. The summed E-state index contributed by atoms with van der Waals surface area (Å²) in [4.78, 5) is 10.9. The van der Waals surface area contributed by atoms with Crippen LogP contribution >= 0.6 is 0 Å². The van der Waals surface area contributed by atoms with E-state index >= 15 is 0 Å². The van der Waals surface area contributed by atoms with E-state index in [1.807, 2.05) is 0 Å². The van der Waals surface area contributed by atoms with Crippen molar-refractivity contribution in [1.29, 1.82) is 0 Å². The molecule has 0 spiro atoms. The van der Waals surface area contributed by atoms with E-state index in [9.17, 15) is 4.79 Å². The Bertz CT molecular complexity index is 278. The second kappa shape index (κ2) is 7.28. The molecule has 1 aliphatic heterocycles. The van der Waals surface area contributed by atoms with Gasteiger partial charge in [0.05, 0.1) is 6.61 Å². The third-order valence-corrected chi connectivity index (χ3v) is 4.80. The van der Waals surface area contributed by atoms with E-state index in [2.05, 4.69) is 0 Å². The lowest BCUT2D eigenvalue weighted by Gasteiger charge is -2.08. The van der Waals surface area contributed by atoms with Gasteiger partial charge in [-0.3, -0.25) is 0 Å². The number of hydrogen-bond acceptors (Lipinski definition) is 2. The summed E-state index contributed by atoms with van der Waals surface area (Å²) in [6, 6.07) is 0. The Hall–Kier alpha value is -0.570. The van der Waals surface area contributed by atoms with Crippen molar-refractivity contribution >= 4 is 5.97 Å². The first-order valence-corrected chi connectivity index (χ1v) is 8.10. The maximum Gasteiger partial charge on any atom is 0.338 e. The highest BCUT2D eigenvalue weighted by Crippen LogP contribution is 2.33. The van der Waals surface area contributed by atoms with Crippen LogP contribution in [0.25, 0.3) is 0 Å². The van der Waals surface area contributed by atoms with Crippen LogP contribution < -0.4 is 0 Å². The van der Waals surface area contributed by atoms with E-state index in [1.54, 1.807) is 0 Å². The molecule has 2 aliphatic rings. The summed E-state index contributed by atoms with van der Waals surface area (Å²) in [5, 5.41) is 8.96. The topological polar surface area (TPSA) is 49.8 Å². The molecule has 19 heavy (non-hydrogen) atoms. The third-order valence-electron chi connectivity index (χ3n) is 4.80. The van der Waals surface area contributed by atoms with Gasteiger partial charge in [0, 0.05) is 0 Å². The molecule has 0 aromatic heterocycles. The molecule has 0 aromatic rings. The third kappa shape index (κ3) is 4.79. The molecule has 2 fully saturated rings. The lowest BCUT2D eigenvalue weighted by molar-refractivity contribution is -0.143. The van der Waals surface area contributed by atoms with Gasteiger partial charge in [0.2, 0.25) is 0 Å². The average Bonchev–Trinajstić information content (AvgIpc) is 3.01. The van der Waals surface area contributed by atoms with Crippen molar-refractivity contribution in [3.63, 3.8) is 0 Å². The molecule has 1 aliphatic carbocycles. The van der Waals surface area contributed by atoms with Crippen LogP contribution in [0.5, 0.6) is 0 Å². The quantitative estimate of drug-likeness (QED) is 0.478. The van der Waals surface area contributed by atoms with Gasteiger partial charge in [0.1, 0.15) is 0 Å². The van der Waals surface area contributed by atoms with Crippen molar-refractivity contribution in [3.05, 3.63) is 0 Å². The zero-order valence-electron chi connectivity index (χ0n) is 12.0. The maximum absolute atomic E-state index is 10.9. The molecule has 3 heteroatoms. The molecular formula is C16H28O3. The number of hydrogen-bond donors (Lipinski definition) is 1. The van der Waals surface area contributed by atoms with Gasteiger partial charge < -0.3 is 9.84 Å². The molecule has 1 unspecified atom stereocenters. The minimum atomic E-state index is -0.789. The second-order valence-electron chi connectivity index (χ2n) is 6.40. The number of epoxide rings is 1. The van der Waals surface area contributed by atoms with E-state index < -0.39 is 11.6 Å². The summed E-state index contributed by atoms with van der Waals surface area (Å²) in [6.45, 7) is 0.420. The van der Waals surface area contributed by atoms with Crippen molar-refractivity contribution in [2.75, 3.05) is 6.61 Å². The molecule has 1 N–H and O–H groups in total. The lowest BCUT2D eigenvalue weighted by Crippen LogP contribution is -2.23. The molecule has 1 saturated carbocycles. The van der Waals surface area contributed by atoms with Crippen molar-refractivity contribution in [1.82, 2.24) is 0 Å². The first kappa shape index (κ1) is 14.8. The van der Waals surface area contributed by atoms with Crippen LogP contribution in [0.3, 0.4) is 0 Å². The summed E-state index contributed by atoms with van der Waals surface area (Å²) in [5.74, 6) is 0.256. The van der Waals surface area contributed by atoms with Gasteiger partial charge >= 0.3 is 5.97 Å². The van der Waals surface area contributed by atoms with Crippen molar-refractivity contribution < 1.29 is 14.6 Å². The Kier molecular flexibility index (Phi) is 5.68. The van der Waals surface area contributed by atoms with E-state index in [-0.39, 0.29) is 0 Å².